The molecule has 27 heavy (non-hydrogen) atoms. The number of aliphatic hydroxyl groups excluding tert-OH is 2. The Hall–Kier alpha value is -2.96. The Morgan fingerprint density at radius 2 is 2.11 bits per heavy atom. The number of nitrogens with zero attached hydrogens (tertiary/aromatic N) is 2. The second-order valence-electron chi connectivity index (χ2n) is 5.24. The largest absolute Gasteiger partial charge is 0.393 e. The van der Waals surface area contributed by atoms with Crippen LogP contribution in [0.3, 0.4) is 0 Å². The van der Waals surface area contributed by atoms with Crippen molar-refractivity contribution in [3.8, 4) is 0 Å². The molecule has 2 aromatic rings. The highest BCUT2D eigenvalue weighted by Gasteiger charge is 2.25. The zero-order valence-corrected chi connectivity index (χ0v) is 13.7. The molecule has 146 valence electrons. The SMILES string of the molecule is O=C(Nc1ccn([C@@H](CF)O[C@H](CO)[C@@H](O)F)c(=O)n1)c1ccc(=O)[nH]c1. The maximum absolute atomic E-state index is 13.2. The van der Waals surface area contributed by atoms with Gasteiger partial charge < -0.3 is 25.3 Å². The van der Waals surface area contributed by atoms with Gasteiger partial charge in [0, 0.05) is 18.5 Å². The van der Waals surface area contributed by atoms with E-state index in [9.17, 15) is 23.2 Å². The lowest BCUT2D eigenvalue weighted by molar-refractivity contribution is -0.165. The van der Waals surface area contributed by atoms with E-state index >= 15 is 0 Å². The van der Waals surface area contributed by atoms with Gasteiger partial charge in [-0.3, -0.25) is 14.2 Å². The van der Waals surface area contributed by atoms with Crippen molar-refractivity contribution in [1.82, 2.24) is 14.5 Å². The van der Waals surface area contributed by atoms with Crippen LogP contribution in [0, 0.1) is 0 Å². The molecular weight excluding hydrogens is 370 g/mol. The standard InChI is InChI=1S/C15H16F2N4O6/c16-5-12(27-9(7-22)13(17)24)21-4-3-10(20-15(21)26)19-14(25)8-1-2-11(23)18-6-8/h1-4,6,9,12-13,22,24H,5,7H2,(H,18,23)(H,19,20,25,26)/t9-,12-,13-/m1/s1. The number of hydrogen-bond donors (Lipinski definition) is 4. The number of halogens is 2. The van der Waals surface area contributed by atoms with E-state index in [1.807, 2.05) is 0 Å². The van der Waals surface area contributed by atoms with Crippen molar-refractivity contribution < 1.29 is 28.5 Å². The highest BCUT2D eigenvalue weighted by atomic mass is 19.1. The Bertz CT molecular complexity index is 880. The fourth-order valence-corrected chi connectivity index (χ4v) is 2.01. The smallest absolute Gasteiger partial charge is 0.351 e. The minimum atomic E-state index is -2.58. The Kier molecular flexibility index (Phi) is 6.87. The van der Waals surface area contributed by atoms with Gasteiger partial charge in [-0.15, -0.1) is 0 Å². The number of carbonyl (C=O) groups is 1. The van der Waals surface area contributed by atoms with Crippen molar-refractivity contribution in [2.75, 3.05) is 18.6 Å². The van der Waals surface area contributed by atoms with E-state index in [0.29, 0.717) is 4.57 Å². The molecule has 1 amide bonds. The molecule has 3 atom stereocenters. The second-order valence-corrected chi connectivity index (χ2v) is 5.24. The molecule has 2 rings (SSSR count). The first-order valence-electron chi connectivity index (χ1n) is 7.59. The number of hydrogen-bond acceptors (Lipinski definition) is 7. The van der Waals surface area contributed by atoms with Crippen molar-refractivity contribution >= 4 is 11.7 Å². The van der Waals surface area contributed by atoms with Gasteiger partial charge in [0.1, 0.15) is 18.6 Å². The van der Waals surface area contributed by atoms with Gasteiger partial charge in [-0.1, -0.05) is 0 Å². The van der Waals surface area contributed by atoms with Gasteiger partial charge >= 0.3 is 5.69 Å². The van der Waals surface area contributed by atoms with Gasteiger partial charge in [-0.2, -0.15) is 4.98 Å². The van der Waals surface area contributed by atoms with Gasteiger partial charge in [0.05, 0.1) is 12.2 Å². The Labute approximate surface area is 150 Å². The number of carbonyl (C=O) groups excluding carboxylic acids is 1. The van der Waals surface area contributed by atoms with Crippen molar-refractivity contribution in [2.45, 2.75) is 18.7 Å². The number of nitrogens with one attached hydrogen (secondary N) is 2. The number of H-pyrrole nitrogens is 1. The van der Waals surface area contributed by atoms with Crippen LogP contribution in [0.2, 0.25) is 0 Å². The zero-order chi connectivity index (χ0) is 20.0. The van der Waals surface area contributed by atoms with Gasteiger partial charge in [0.25, 0.3) is 5.91 Å². The lowest BCUT2D eigenvalue weighted by atomic mass is 10.3. The normalized spacial score (nSPS) is 14.4. The van der Waals surface area contributed by atoms with Crippen molar-refractivity contribution in [1.29, 1.82) is 0 Å². The summed E-state index contributed by atoms with van der Waals surface area (Å²) in [5, 5.41) is 20.0. The van der Waals surface area contributed by atoms with Crippen LogP contribution in [0.1, 0.15) is 16.6 Å². The number of aromatic nitrogens is 3. The van der Waals surface area contributed by atoms with Crippen molar-refractivity contribution in [3.63, 3.8) is 0 Å². The summed E-state index contributed by atoms with van der Waals surface area (Å²) in [6, 6.07) is 3.57. The lowest BCUT2D eigenvalue weighted by Gasteiger charge is -2.23. The molecule has 0 spiro atoms. The lowest BCUT2D eigenvalue weighted by Crippen LogP contribution is -2.37. The van der Waals surface area contributed by atoms with E-state index < -0.39 is 49.1 Å². The number of rotatable bonds is 8. The molecule has 0 aliphatic heterocycles. The maximum atomic E-state index is 13.2. The molecule has 0 aliphatic rings. The molecule has 0 fully saturated rings. The molecule has 0 saturated heterocycles. The third-order valence-corrected chi connectivity index (χ3v) is 3.38. The first-order valence-corrected chi connectivity index (χ1v) is 7.59. The van der Waals surface area contributed by atoms with E-state index in [-0.39, 0.29) is 11.4 Å². The predicted molar refractivity (Wildman–Crippen MR) is 87.6 cm³/mol. The van der Waals surface area contributed by atoms with Gasteiger partial charge in [0.15, 0.2) is 6.23 Å². The number of ether oxygens (including phenoxy) is 1. The van der Waals surface area contributed by atoms with E-state index in [1.54, 1.807) is 0 Å². The maximum Gasteiger partial charge on any atom is 0.351 e. The predicted octanol–water partition coefficient (Wildman–Crippen LogP) is -0.683. The van der Waals surface area contributed by atoms with Crippen LogP contribution in [0.25, 0.3) is 0 Å². The third-order valence-electron chi connectivity index (χ3n) is 3.38. The van der Waals surface area contributed by atoms with Gasteiger partial charge in [-0.05, 0) is 12.1 Å². The van der Waals surface area contributed by atoms with Crippen molar-refractivity contribution in [2.24, 2.45) is 0 Å². The molecule has 0 aromatic carbocycles. The van der Waals surface area contributed by atoms with E-state index in [0.717, 1.165) is 18.3 Å². The monoisotopic (exact) mass is 386 g/mol. The summed E-state index contributed by atoms with van der Waals surface area (Å²) < 4.78 is 31.5. The first kappa shape index (κ1) is 20.4. The fourth-order valence-electron chi connectivity index (χ4n) is 2.01. The molecule has 2 heterocycles. The molecule has 0 aliphatic carbocycles. The Morgan fingerprint density at radius 1 is 1.37 bits per heavy atom. The average Bonchev–Trinajstić information content (AvgIpc) is 2.64. The summed E-state index contributed by atoms with van der Waals surface area (Å²) in [5.41, 5.74) is -1.32. The summed E-state index contributed by atoms with van der Waals surface area (Å²) in [5.74, 6) is -0.815. The van der Waals surface area contributed by atoms with E-state index in [2.05, 4.69) is 15.3 Å². The highest BCUT2D eigenvalue weighted by Crippen LogP contribution is 2.14. The van der Waals surface area contributed by atoms with Crippen LogP contribution in [-0.4, -0.2) is 56.4 Å². The Balaban J connectivity index is 2.16. The zero-order valence-electron chi connectivity index (χ0n) is 13.7. The molecule has 4 N–H and O–H groups in total. The van der Waals surface area contributed by atoms with Gasteiger partial charge in [-0.25, -0.2) is 13.6 Å². The fraction of sp³-hybridized carbons (Fsp3) is 0.333. The molecule has 0 unspecified atom stereocenters. The van der Waals surface area contributed by atoms with Crippen LogP contribution in [0.15, 0.2) is 40.2 Å². The quantitative estimate of drug-likeness (QED) is 0.470. The molecule has 2 aromatic heterocycles. The number of amides is 1. The number of pyridine rings is 1. The molecule has 12 heteroatoms. The molecule has 0 saturated carbocycles. The van der Waals surface area contributed by atoms with Crippen LogP contribution in [0.5, 0.6) is 0 Å². The van der Waals surface area contributed by atoms with E-state index in [4.69, 9.17) is 14.9 Å². The number of anilines is 1. The summed E-state index contributed by atoms with van der Waals surface area (Å²) in [4.78, 5) is 40.9. The highest BCUT2D eigenvalue weighted by molar-refractivity contribution is 6.03. The average molecular weight is 386 g/mol. The summed E-state index contributed by atoms with van der Waals surface area (Å²) in [6.07, 6.45) is -3.76. The topological polar surface area (TPSA) is 147 Å². The molecule has 0 bridgehead atoms. The molecule has 0 radical (unpaired) electrons. The third kappa shape index (κ3) is 5.26. The molecular formula is C15H16F2N4O6. The minimum absolute atomic E-state index is 0.105. The Morgan fingerprint density at radius 3 is 2.63 bits per heavy atom. The molecule has 10 nitrogen and oxygen atoms in total. The van der Waals surface area contributed by atoms with Gasteiger partial charge in [0.2, 0.25) is 11.9 Å². The number of aliphatic hydroxyl groups is 2. The first-order chi connectivity index (χ1) is 12.8. The summed E-state index contributed by atoms with van der Waals surface area (Å²) >= 11 is 0. The summed E-state index contributed by atoms with van der Waals surface area (Å²) in [6.45, 7) is -2.21. The number of aromatic amines is 1. The van der Waals surface area contributed by atoms with Crippen LogP contribution in [0.4, 0.5) is 14.6 Å². The van der Waals surface area contributed by atoms with Crippen LogP contribution < -0.4 is 16.6 Å². The minimum Gasteiger partial charge on any atom is -0.393 e. The summed E-state index contributed by atoms with van der Waals surface area (Å²) in [7, 11) is 0. The van der Waals surface area contributed by atoms with Crippen molar-refractivity contribution in [3.05, 3.63) is 57.0 Å². The van der Waals surface area contributed by atoms with E-state index in [1.165, 1.54) is 12.3 Å². The second kappa shape index (κ2) is 9.12. The number of alkyl halides is 2. The van der Waals surface area contributed by atoms with Crippen LogP contribution in [-0.2, 0) is 4.74 Å². The van der Waals surface area contributed by atoms with Crippen LogP contribution >= 0.6 is 0 Å².